The van der Waals surface area contributed by atoms with Gasteiger partial charge < -0.3 is 21.3 Å². The Bertz CT molecular complexity index is 189. The third kappa shape index (κ3) is 4.55. The number of carbonyl (C=O) groups excluding carboxylic acids is 1. The van der Waals surface area contributed by atoms with Gasteiger partial charge in [-0.15, -0.1) is 0 Å². The van der Waals surface area contributed by atoms with Crippen LogP contribution in [0.1, 0.15) is 27.2 Å². The summed E-state index contributed by atoms with van der Waals surface area (Å²) in [5, 5.41) is 20.0. The van der Waals surface area contributed by atoms with Crippen LogP contribution in [0.5, 0.6) is 0 Å². The van der Waals surface area contributed by atoms with Crippen LogP contribution in [0.2, 0.25) is 0 Å². The van der Waals surface area contributed by atoms with E-state index in [4.69, 9.17) is 10.8 Å². The van der Waals surface area contributed by atoms with E-state index >= 15 is 0 Å². The summed E-state index contributed by atoms with van der Waals surface area (Å²) < 4.78 is 0. The lowest BCUT2D eigenvalue weighted by molar-refractivity contribution is -0.127. The number of aliphatic hydroxyl groups excluding tert-OH is 2. The second-order valence-corrected chi connectivity index (χ2v) is 4.38. The molecule has 0 saturated carbocycles. The molecule has 0 rings (SSSR count). The van der Waals surface area contributed by atoms with Gasteiger partial charge in [0.05, 0.1) is 6.04 Å². The lowest BCUT2D eigenvalue weighted by atomic mass is 9.87. The lowest BCUT2D eigenvalue weighted by Gasteiger charge is -2.26. The predicted octanol–water partition coefficient (Wildman–Crippen LogP) is -0.823. The number of amides is 1. The molecule has 84 valence electrons. The van der Waals surface area contributed by atoms with Crippen LogP contribution in [0.3, 0.4) is 0 Å². The van der Waals surface area contributed by atoms with Crippen molar-refractivity contribution in [2.45, 2.75) is 39.5 Å². The van der Waals surface area contributed by atoms with Crippen LogP contribution < -0.4 is 11.1 Å². The highest BCUT2D eigenvalue weighted by atomic mass is 16.3. The van der Waals surface area contributed by atoms with Crippen LogP contribution in [-0.4, -0.2) is 35.0 Å². The monoisotopic (exact) mass is 204 g/mol. The second kappa shape index (κ2) is 5.29. The maximum Gasteiger partial charge on any atom is 0.239 e. The van der Waals surface area contributed by atoms with Crippen molar-refractivity contribution in [1.82, 2.24) is 5.32 Å². The Morgan fingerprint density at radius 3 is 2.36 bits per heavy atom. The van der Waals surface area contributed by atoms with Gasteiger partial charge in [-0.2, -0.15) is 0 Å². The number of rotatable bonds is 4. The normalized spacial score (nSPS) is 16.1. The van der Waals surface area contributed by atoms with Crippen molar-refractivity contribution in [3.05, 3.63) is 0 Å². The van der Waals surface area contributed by atoms with Crippen molar-refractivity contribution >= 4 is 5.91 Å². The Labute approximate surface area is 84.3 Å². The van der Waals surface area contributed by atoms with Gasteiger partial charge in [-0.3, -0.25) is 4.79 Å². The molecule has 0 fully saturated rings. The Balaban J connectivity index is 4.08. The van der Waals surface area contributed by atoms with Gasteiger partial charge in [0.1, 0.15) is 6.23 Å². The van der Waals surface area contributed by atoms with Gasteiger partial charge >= 0.3 is 0 Å². The number of nitrogens with one attached hydrogen (secondary N) is 1. The van der Waals surface area contributed by atoms with Crippen molar-refractivity contribution in [2.24, 2.45) is 11.1 Å². The second-order valence-electron chi connectivity index (χ2n) is 4.38. The highest BCUT2D eigenvalue weighted by Gasteiger charge is 2.28. The molecule has 0 aromatic rings. The van der Waals surface area contributed by atoms with E-state index in [1.807, 2.05) is 20.8 Å². The molecule has 0 saturated heterocycles. The number of nitrogens with two attached hydrogens (primary N) is 1. The first-order chi connectivity index (χ1) is 6.29. The van der Waals surface area contributed by atoms with E-state index < -0.39 is 18.2 Å². The van der Waals surface area contributed by atoms with Crippen molar-refractivity contribution in [3.63, 3.8) is 0 Å². The topological polar surface area (TPSA) is 95.6 Å². The molecule has 2 atom stereocenters. The summed E-state index contributed by atoms with van der Waals surface area (Å²) in [5.41, 5.74) is 5.31. The summed E-state index contributed by atoms with van der Waals surface area (Å²) in [6.07, 6.45) is -0.913. The first kappa shape index (κ1) is 13.4. The van der Waals surface area contributed by atoms with Gasteiger partial charge in [0.2, 0.25) is 5.91 Å². The molecule has 14 heavy (non-hydrogen) atoms. The molecule has 0 aromatic heterocycles. The summed E-state index contributed by atoms with van der Waals surface area (Å²) in [5.74, 6) is -0.404. The lowest BCUT2D eigenvalue weighted by Crippen LogP contribution is -2.51. The minimum absolute atomic E-state index is 0.114. The Kier molecular flexibility index (Phi) is 5.04. The number of hydrogen-bond acceptors (Lipinski definition) is 4. The Morgan fingerprint density at radius 1 is 1.50 bits per heavy atom. The largest absolute Gasteiger partial charge is 0.396 e. The molecule has 0 heterocycles. The molecule has 0 radical (unpaired) electrons. The smallest absolute Gasteiger partial charge is 0.239 e. The molecular formula is C9H20N2O3. The summed E-state index contributed by atoms with van der Waals surface area (Å²) in [7, 11) is 0. The van der Waals surface area contributed by atoms with Crippen LogP contribution >= 0.6 is 0 Å². The number of carbonyl (C=O) groups is 1. The minimum Gasteiger partial charge on any atom is -0.396 e. The molecule has 5 nitrogen and oxygen atoms in total. The molecule has 0 bridgehead atoms. The first-order valence-electron chi connectivity index (χ1n) is 4.64. The van der Waals surface area contributed by atoms with E-state index in [0.29, 0.717) is 0 Å². The van der Waals surface area contributed by atoms with Crippen LogP contribution in [0.4, 0.5) is 0 Å². The van der Waals surface area contributed by atoms with Crippen molar-refractivity contribution in [1.29, 1.82) is 0 Å². The van der Waals surface area contributed by atoms with Crippen LogP contribution in [0.15, 0.2) is 0 Å². The highest BCUT2D eigenvalue weighted by Crippen LogP contribution is 2.17. The summed E-state index contributed by atoms with van der Waals surface area (Å²) in [6, 6.07) is -0.671. The SMILES string of the molecule is CC(C)(C)C(N)C(=O)NC(O)CCO. The molecule has 2 unspecified atom stereocenters. The van der Waals surface area contributed by atoms with Crippen molar-refractivity contribution in [2.75, 3.05) is 6.61 Å². The van der Waals surface area contributed by atoms with Gasteiger partial charge in [0, 0.05) is 13.0 Å². The van der Waals surface area contributed by atoms with E-state index in [1.54, 1.807) is 0 Å². The van der Waals surface area contributed by atoms with Crippen molar-refractivity contribution in [3.8, 4) is 0 Å². The van der Waals surface area contributed by atoms with E-state index in [1.165, 1.54) is 0 Å². The first-order valence-corrected chi connectivity index (χ1v) is 4.64. The van der Waals surface area contributed by atoms with Gasteiger partial charge in [-0.25, -0.2) is 0 Å². The third-order valence-corrected chi connectivity index (χ3v) is 1.93. The molecule has 0 aliphatic carbocycles. The fourth-order valence-electron chi connectivity index (χ4n) is 0.842. The fourth-order valence-corrected chi connectivity index (χ4v) is 0.842. The molecule has 0 aliphatic heterocycles. The van der Waals surface area contributed by atoms with Crippen LogP contribution in [-0.2, 0) is 4.79 Å². The summed E-state index contributed by atoms with van der Waals surface area (Å²) in [6.45, 7) is 5.35. The van der Waals surface area contributed by atoms with Crippen LogP contribution in [0, 0.1) is 5.41 Å². The van der Waals surface area contributed by atoms with Gasteiger partial charge in [-0.05, 0) is 5.41 Å². The zero-order valence-corrected chi connectivity index (χ0v) is 8.95. The van der Waals surface area contributed by atoms with Gasteiger partial charge in [-0.1, -0.05) is 20.8 Å². The molecule has 5 heteroatoms. The number of hydrogen-bond donors (Lipinski definition) is 4. The zero-order chi connectivity index (χ0) is 11.4. The maximum atomic E-state index is 11.4. The van der Waals surface area contributed by atoms with E-state index in [9.17, 15) is 9.90 Å². The average molecular weight is 204 g/mol. The third-order valence-electron chi connectivity index (χ3n) is 1.93. The zero-order valence-electron chi connectivity index (χ0n) is 8.95. The van der Waals surface area contributed by atoms with E-state index in [2.05, 4.69) is 5.32 Å². The number of aliphatic hydroxyl groups is 2. The highest BCUT2D eigenvalue weighted by molar-refractivity contribution is 5.82. The standard InChI is InChI=1S/C9H20N2O3/c1-9(2,3)7(10)8(14)11-6(13)4-5-12/h6-7,12-13H,4-5,10H2,1-3H3,(H,11,14). The average Bonchev–Trinajstić information content (AvgIpc) is 2.01. The van der Waals surface area contributed by atoms with E-state index in [0.717, 1.165) is 0 Å². The molecular weight excluding hydrogens is 184 g/mol. The van der Waals surface area contributed by atoms with Gasteiger partial charge in [0.25, 0.3) is 0 Å². The Morgan fingerprint density at radius 2 is 2.00 bits per heavy atom. The minimum atomic E-state index is -1.03. The summed E-state index contributed by atoms with van der Waals surface area (Å²) in [4.78, 5) is 11.4. The molecule has 0 aliphatic rings. The quantitative estimate of drug-likeness (QED) is 0.450. The molecule has 5 N–H and O–H groups in total. The summed E-state index contributed by atoms with van der Waals surface area (Å²) >= 11 is 0. The Hall–Kier alpha value is -0.650. The van der Waals surface area contributed by atoms with E-state index in [-0.39, 0.29) is 18.4 Å². The maximum absolute atomic E-state index is 11.4. The molecule has 0 aromatic carbocycles. The predicted molar refractivity (Wildman–Crippen MR) is 53.3 cm³/mol. The van der Waals surface area contributed by atoms with Crippen LogP contribution in [0.25, 0.3) is 0 Å². The van der Waals surface area contributed by atoms with Gasteiger partial charge in [0.15, 0.2) is 0 Å². The molecule has 1 amide bonds. The van der Waals surface area contributed by atoms with Crippen molar-refractivity contribution < 1.29 is 15.0 Å². The molecule has 0 spiro atoms. The fraction of sp³-hybridized carbons (Fsp3) is 0.889.